The van der Waals surface area contributed by atoms with E-state index in [-0.39, 0.29) is 0 Å². The van der Waals surface area contributed by atoms with Crippen LogP contribution in [0.1, 0.15) is 18.1 Å². The van der Waals surface area contributed by atoms with Crippen molar-refractivity contribution >= 4 is 18.2 Å². The van der Waals surface area contributed by atoms with Gasteiger partial charge in [-0.25, -0.2) is 4.79 Å². The van der Waals surface area contributed by atoms with Gasteiger partial charge in [-0.05, 0) is 24.6 Å². The second kappa shape index (κ2) is 6.87. The van der Waals surface area contributed by atoms with Crippen molar-refractivity contribution in [3.8, 4) is 11.5 Å². The van der Waals surface area contributed by atoms with Crippen molar-refractivity contribution in [3.05, 3.63) is 59.7 Å². The van der Waals surface area contributed by atoms with Gasteiger partial charge < -0.3 is 14.8 Å². The van der Waals surface area contributed by atoms with Crippen LogP contribution in [-0.2, 0) is 10.3 Å². The number of ether oxygens (including phenoxy) is 2. The lowest BCUT2D eigenvalue weighted by Crippen LogP contribution is -2.40. The van der Waals surface area contributed by atoms with E-state index in [4.69, 9.17) is 9.47 Å². The molecule has 1 N–H and O–H groups in total. The summed E-state index contributed by atoms with van der Waals surface area (Å²) in [6, 6.07) is 13.6. The number of carbonyl (C=O) groups excluding carboxylic acids is 2. The fraction of sp³-hybridized carbons (Fsp3) is 0.211. The molecular weight excluding hydrogens is 334 g/mol. The summed E-state index contributed by atoms with van der Waals surface area (Å²) in [5, 5.41) is 7.60. The van der Waals surface area contributed by atoms with E-state index in [1.54, 1.807) is 51.5 Å². The Labute approximate surface area is 151 Å². The minimum absolute atomic E-state index is 0.445. The lowest BCUT2D eigenvalue weighted by molar-refractivity contribution is -0.131. The van der Waals surface area contributed by atoms with E-state index in [1.807, 2.05) is 18.2 Å². The van der Waals surface area contributed by atoms with Gasteiger partial charge in [-0.1, -0.05) is 30.3 Å². The van der Waals surface area contributed by atoms with Crippen LogP contribution in [0.2, 0.25) is 0 Å². The van der Waals surface area contributed by atoms with Gasteiger partial charge in [0.05, 0.1) is 20.4 Å². The Morgan fingerprint density at radius 2 is 1.65 bits per heavy atom. The molecule has 1 aliphatic heterocycles. The Morgan fingerprint density at radius 1 is 1.04 bits per heavy atom. The highest BCUT2D eigenvalue weighted by atomic mass is 16.5. The predicted octanol–water partition coefficient (Wildman–Crippen LogP) is 2.50. The monoisotopic (exact) mass is 353 g/mol. The van der Waals surface area contributed by atoms with Crippen LogP contribution in [0.4, 0.5) is 4.79 Å². The van der Waals surface area contributed by atoms with Crippen LogP contribution in [0.25, 0.3) is 0 Å². The highest BCUT2D eigenvalue weighted by Gasteiger charge is 2.49. The van der Waals surface area contributed by atoms with E-state index in [2.05, 4.69) is 10.4 Å². The molecule has 0 spiro atoms. The molecule has 3 rings (SSSR count). The standard InChI is InChI=1S/C19H19N3O4/c1-19(14-7-5-4-6-8-14)17(23)22(18(24)21-19)20-12-13-9-15(25-2)11-16(10-13)26-3/h4-12H,1-3H3,(H,21,24)/b20-12-/t19-/m1/s1. The van der Waals surface area contributed by atoms with Gasteiger partial charge in [-0.2, -0.15) is 5.10 Å². The Bertz CT molecular complexity index is 844. The third kappa shape index (κ3) is 3.11. The molecule has 26 heavy (non-hydrogen) atoms. The molecule has 1 saturated heterocycles. The zero-order valence-corrected chi connectivity index (χ0v) is 14.7. The molecule has 3 amide bonds. The second-order valence-electron chi connectivity index (χ2n) is 5.93. The molecule has 134 valence electrons. The summed E-state index contributed by atoms with van der Waals surface area (Å²) in [4.78, 5) is 25.1. The average molecular weight is 353 g/mol. The van der Waals surface area contributed by atoms with E-state index < -0.39 is 17.5 Å². The smallest absolute Gasteiger partial charge is 0.346 e. The number of imide groups is 1. The van der Waals surface area contributed by atoms with Crippen LogP contribution in [0.15, 0.2) is 53.6 Å². The molecule has 0 bridgehead atoms. The van der Waals surface area contributed by atoms with Crippen molar-refractivity contribution in [1.29, 1.82) is 0 Å². The number of methoxy groups -OCH3 is 2. The summed E-state index contributed by atoms with van der Waals surface area (Å²) in [6.07, 6.45) is 1.42. The first-order chi connectivity index (χ1) is 12.5. The van der Waals surface area contributed by atoms with E-state index in [0.717, 1.165) is 5.01 Å². The highest BCUT2D eigenvalue weighted by Crippen LogP contribution is 2.29. The zero-order valence-electron chi connectivity index (χ0n) is 14.7. The fourth-order valence-corrected chi connectivity index (χ4v) is 2.72. The Kier molecular flexibility index (Phi) is 4.62. The van der Waals surface area contributed by atoms with Gasteiger partial charge in [-0.3, -0.25) is 4.79 Å². The summed E-state index contributed by atoms with van der Waals surface area (Å²) in [5.74, 6) is 0.717. The third-order valence-corrected chi connectivity index (χ3v) is 4.22. The van der Waals surface area contributed by atoms with Crippen molar-refractivity contribution in [2.45, 2.75) is 12.5 Å². The molecule has 1 aliphatic rings. The number of benzene rings is 2. The first kappa shape index (κ1) is 17.5. The van der Waals surface area contributed by atoms with E-state index in [9.17, 15) is 9.59 Å². The lowest BCUT2D eigenvalue weighted by atomic mass is 9.92. The Morgan fingerprint density at radius 3 is 2.23 bits per heavy atom. The fourth-order valence-electron chi connectivity index (χ4n) is 2.72. The predicted molar refractivity (Wildman–Crippen MR) is 96.3 cm³/mol. The van der Waals surface area contributed by atoms with E-state index >= 15 is 0 Å². The third-order valence-electron chi connectivity index (χ3n) is 4.22. The molecule has 7 nitrogen and oxygen atoms in total. The van der Waals surface area contributed by atoms with Crippen LogP contribution >= 0.6 is 0 Å². The summed E-state index contributed by atoms with van der Waals surface area (Å²) in [5.41, 5.74) is 0.177. The van der Waals surface area contributed by atoms with Gasteiger partial charge in [0.15, 0.2) is 0 Å². The number of carbonyl (C=O) groups is 2. The molecule has 0 unspecified atom stereocenters. The lowest BCUT2D eigenvalue weighted by Gasteiger charge is -2.20. The molecule has 1 atom stereocenters. The molecular formula is C19H19N3O4. The maximum absolute atomic E-state index is 12.8. The molecule has 0 aromatic heterocycles. The minimum atomic E-state index is -1.15. The normalized spacial score (nSPS) is 19.7. The first-order valence-corrected chi connectivity index (χ1v) is 7.97. The van der Waals surface area contributed by atoms with Crippen molar-refractivity contribution in [1.82, 2.24) is 10.3 Å². The molecule has 1 heterocycles. The summed E-state index contributed by atoms with van der Waals surface area (Å²) < 4.78 is 10.4. The maximum Gasteiger partial charge on any atom is 0.346 e. The van der Waals surface area contributed by atoms with Gasteiger partial charge in [0, 0.05) is 11.6 Å². The summed E-state index contributed by atoms with van der Waals surface area (Å²) in [6.45, 7) is 1.66. The number of nitrogens with zero attached hydrogens (tertiary/aromatic N) is 2. The van der Waals surface area contributed by atoms with Gasteiger partial charge in [0.2, 0.25) is 0 Å². The average Bonchev–Trinajstić information content (AvgIpc) is 2.90. The molecule has 2 aromatic rings. The highest BCUT2D eigenvalue weighted by molar-refractivity contribution is 6.07. The number of hydrogen-bond acceptors (Lipinski definition) is 5. The second-order valence-corrected chi connectivity index (χ2v) is 5.93. The van der Waals surface area contributed by atoms with Crippen molar-refractivity contribution in [2.24, 2.45) is 5.10 Å². The molecule has 2 aromatic carbocycles. The van der Waals surface area contributed by atoms with Crippen molar-refractivity contribution < 1.29 is 19.1 Å². The van der Waals surface area contributed by atoms with Crippen molar-refractivity contribution in [3.63, 3.8) is 0 Å². The molecule has 0 saturated carbocycles. The molecule has 0 radical (unpaired) electrons. The van der Waals surface area contributed by atoms with Gasteiger partial charge in [0.25, 0.3) is 5.91 Å². The van der Waals surface area contributed by atoms with Gasteiger partial charge in [-0.15, -0.1) is 5.01 Å². The van der Waals surface area contributed by atoms with Gasteiger partial charge in [0.1, 0.15) is 17.0 Å². The van der Waals surface area contributed by atoms with Crippen LogP contribution in [-0.4, -0.2) is 37.4 Å². The number of hydrazone groups is 1. The zero-order chi connectivity index (χ0) is 18.7. The molecule has 1 fully saturated rings. The van der Waals surface area contributed by atoms with Crippen LogP contribution in [0.5, 0.6) is 11.5 Å². The number of hydrogen-bond donors (Lipinski definition) is 1. The number of amides is 3. The van der Waals surface area contributed by atoms with Crippen LogP contribution in [0, 0.1) is 0 Å². The topological polar surface area (TPSA) is 80.2 Å². The summed E-state index contributed by atoms with van der Waals surface area (Å²) in [7, 11) is 3.08. The van der Waals surface area contributed by atoms with E-state index in [0.29, 0.717) is 22.6 Å². The number of urea groups is 1. The van der Waals surface area contributed by atoms with E-state index in [1.165, 1.54) is 6.21 Å². The van der Waals surface area contributed by atoms with Gasteiger partial charge >= 0.3 is 6.03 Å². The minimum Gasteiger partial charge on any atom is -0.497 e. The quantitative estimate of drug-likeness (QED) is 0.662. The number of nitrogens with one attached hydrogen (secondary N) is 1. The van der Waals surface area contributed by atoms with Crippen LogP contribution < -0.4 is 14.8 Å². The number of rotatable bonds is 5. The molecule has 0 aliphatic carbocycles. The van der Waals surface area contributed by atoms with Crippen LogP contribution in [0.3, 0.4) is 0 Å². The Balaban J connectivity index is 1.88. The van der Waals surface area contributed by atoms with Crippen molar-refractivity contribution in [2.75, 3.05) is 14.2 Å². The summed E-state index contributed by atoms with van der Waals surface area (Å²) >= 11 is 0. The largest absolute Gasteiger partial charge is 0.497 e. The Hall–Kier alpha value is -3.35. The maximum atomic E-state index is 12.8. The first-order valence-electron chi connectivity index (χ1n) is 7.97. The SMILES string of the molecule is COc1cc(/C=N\N2C(=O)N[C@](C)(c3ccccc3)C2=O)cc(OC)c1. The molecule has 7 heteroatoms.